The molecule has 0 rings (SSSR count). The smallest absolute Gasteiger partial charge is 0.322 e. The van der Waals surface area contributed by atoms with Crippen LogP contribution in [0.1, 0.15) is 20.8 Å². The molecule has 0 aromatic heterocycles. The fraction of sp³-hybridized carbons (Fsp3) is 0.667. The number of carbonyl (C=O) groups excluding carboxylic acids is 1. The third-order valence-corrected chi connectivity index (χ3v) is 1.36. The Balaban J connectivity index is 4.00. The van der Waals surface area contributed by atoms with Crippen LogP contribution in [0, 0.1) is 17.4 Å². The Morgan fingerprint density at radius 3 is 2.54 bits per heavy atom. The zero-order valence-corrected chi connectivity index (χ0v) is 8.26. The van der Waals surface area contributed by atoms with E-state index in [1.807, 2.05) is 13.8 Å². The summed E-state index contributed by atoms with van der Waals surface area (Å²) in [4.78, 5) is 11.0. The summed E-state index contributed by atoms with van der Waals surface area (Å²) in [5.74, 6) is 2.30. The van der Waals surface area contributed by atoms with Crippen molar-refractivity contribution in [2.75, 3.05) is 6.61 Å². The van der Waals surface area contributed by atoms with Gasteiger partial charge in [-0.05, 0) is 20.8 Å². The second-order valence-corrected chi connectivity index (χ2v) is 3.55. The van der Waals surface area contributed by atoms with Gasteiger partial charge in [-0.2, -0.15) is 0 Å². The average molecular weight is 184 g/mol. The molecule has 0 aliphatic heterocycles. The molecule has 0 saturated heterocycles. The maximum atomic E-state index is 11.0. The molecule has 0 aromatic carbocycles. The minimum absolute atomic E-state index is 0.206. The van der Waals surface area contributed by atoms with E-state index in [1.54, 1.807) is 6.92 Å². The molecule has 13 heavy (non-hydrogen) atoms. The van der Waals surface area contributed by atoms with E-state index in [1.165, 1.54) is 0 Å². The largest absolute Gasteiger partial charge is 0.463 e. The summed E-state index contributed by atoms with van der Waals surface area (Å²) in [6, 6.07) is 1.69. The van der Waals surface area contributed by atoms with Crippen molar-refractivity contribution in [3.05, 3.63) is 0 Å². The van der Waals surface area contributed by atoms with Crippen LogP contribution in [0.5, 0.6) is 0 Å². The molecular formula is C9H16N2O2. The molecule has 0 aliphatic carbocycles. The monoisotopic (exact) mass is 184 g/mol. The van der Waals surface area contributed by atoms with Gasteiger partial charge in [0.1, 0.15) is 12.6 Å². The van der Waals surface area contributed by atoms with Gasteiger partial charge in [0.25, 0.3) is 0 Å². The van der Waals surface area contributed by atoms with Crippen molar-refractivity contribution < 1.29 is 9.53 Å². The first-order valence-corrected chi connectivity index (χ1v) is 4.04. The highest BCUT2D eigenvalue weighted by Crippen LogP contribution is 2.13. The molecule has 0 radical (unpaired) electrons. The summed E-state index contributed by atoms with van der Waals surface area (Å²) in [7, 11) is 0. The molecular weight excluding hydrogens is 168 g/mol. The lowest BCUT2D eigenvalue weighted by Crippen LogP contribution is -2.31. The quantitative estimate of drug-likeness (QED) is 0.362. The second-order valence-electron chi connectivity index (χ2n) is 3.55. The van der Waals surface area contributed by atoms with Crippen molar-refractivity contribution >= 4 is 5.97 Å². The van der Waals surface area contributed by atoms with E-state index in [2.05, 4.69) is 12.0 Å². The molecule has 0 fully saturated rings. The van der Waals surface area contributed by atoms with Gasteiger partial charge in [-0.25, -0.2) is 0 Å². The Hall–Kier alpha value is -1.21. The predicted molar refractivity (Wildman–Crippen MR) is 50.4 cm³/mol. The average Bonchev–Trinajstić information content (AvgIpc) is 2.00. The van der Waals surface area contributed by atoms with Gasteiger partial charge in [0.15, 0.2) is 0 Å². The maximum absolute atomic E-state index is 11.0. The molecule has 74 valence electrons. The molecule has 0 aromatic rings. The van der Waals surface area contributed by atoms with Crippen LogP contribution in [0.4, 0.5) is 0 Å². The van der Waals surface area contributed by atoms with Crippen LogP contribution >= 0.6 is 0 Å². The van der Waals surface area contributed by atoms with E-state index in [4.69, 9.17) is 16.2 Å². The molecule has 0 spiro atoms. The van der Waals surface area contributed by atoms with E-state index in [0.29, 0.717) is 0 Å². The minimum Gasteiger partial charge on any atom is -0.463 e. The number of ether oxygens (including phenoxy) is 1. The van der Waals surface area contributed by atoms with Crippen molar-refractivity contribution in [3.8, 4) is 12.0 Å². The molecule has 0 heterocycles. The lowest BCUT2D eigenvalue weighted by Gasteiger charge is -2.17. The highest BCUT2D eigenvalue weighted by Gasteiger charge is 2.18. The summed E-state index contributed by atoms with van der Waals surface area (Å²) in [6.45, 7) is 5.45. The molecule has 0 saturated carbocycles. The molecule has 4 N–H and O–H groups in total. The van der Waals surface area contributed by atoms with Crippen molar-refractivity contribution in [2.45, 2.75) is 26.8 Å². The minimum atomic E-state index is -0.596. The molecule has 0 bridgehead atoms. The molecule has 0 aliphatic rings. The first-order chi connectivity index (χ1) is 5.89. The number of esters is 1. The van der Waals surface area contributed by atoms with Crippen LogP contribution in [-0.2, 0) is 9.53 Å². The summed E-state index contributed by atoms with van der Waals surface area (Å²) in [5, 5.41) is 0. The normalized spacial score (nSPS) is 12.6. The summed E-state index contributed by atoms with van der Waals surface area (Å²) >= 11 is 0. The zero-order chi connectivity index (χ0) is 10.5. The predicted octanol–water partition coefficient (Wildman–Crippen LogP) is -0.177. The van der Waals surface area contributed by atoms with Gasteiger partial charge in [-0.3, -0.25) is 4.79 Å². The Kier molecular flexibility index (Phi) is 4.29. The van der Waals surface area contributed by atoms with Gasteiger partial charge in [0.2, 0.25) is 0 Å². The van der Waals surface area contributed by atoms with E-state index in [-0.39, 0.29) is 6.61 Å². The highest BCUT2D eigenvalue weighted by atomic mass is 16.5. The number of carbonyl (C=O) groups is 1. The van der Waals surface area contributed by atoms with E-state index >= 15 is 0 Å². The van der Waals surface area contributed by atoms with E-state index in [0.717, 1.165) is 0 Å². The molecule has 1 atom stereocenters. The van der Waals surface area contributed by atoms with Gasteiger partial charge in [-0.15, -0.1) is 0 Å². The number of hydrogen-bond acceptors (Lipinski definition) is 4. The van der Waals surface area contributed by atoms with Crippen molar-refractivity contribution in [1.29, 1.82) is 0 Å². The zero-order valence-electron chi connectivity index (χ0n) is 8.26. The van der Waals surface area contributed by atoms with Crippen LogP contribution in [0.3, 0.4) is 0 Å². The molecule has 4 nitrogen and oxygen atoms in total. The lowest BCUT2D eigenvalue weighted by molar-refractivity contribution is -0.146. The second kappa shape index (κ2) is 4.73. The van der Waals surface area contributed by atoms with Crippen molar-refractivity contribution in [1.82, 2.24) is 0 Å². The van der Waals surface area contributed by atoms with Crippen molar-refractivity contribution in [2.24, 2.45) is 16.9 Å². The van der Waals surface area contributed by atoms with Crippen LogP contribution in [0.25, 0.3) is 0 Å². The van der Waals surface area contributed by atoms with Gasteiger partial charge >= 0.3 is 5.97 Å². The fourth-order valence-corrected chi connectivity index (χ4v) is 0.614. The summed E-state index contributed by atoms with van der Waals surface area (Å²) in [6.07, 6.45) is 0. The topological polar surface area (TPSA) is 78.3 Å². The third-order valence-electron chi connectivity index (χ3n) is 1.36. The fourth-order valence-electron chi connectivity index (χ4n) is 0.614. The Labute approximate surface area is 78.6 Å². The SMILES string of the molecule is CC(N)C(=O)OCC(C)(C)C#CN. The number of hydrogen-bond donors (Lipinski definition) is 2. The Morgan fingerprint density at radius 1 is 1.62 bits per heavy atom. The van der Waals surface area contributed by atoms with Crippen LogP contribution < -0.4 is 11.5 Å². The molecule has 0 amide bonds. The standard InChI is InChI=1S/C9H16N2O2/c1-7(11)8(12)13-6-9(2,3)4-5-10/h7H,6,10-11H2,1-3H3. The van der Waals surface area contributed by atoms with E-state index in [9.17, 15) is 4.79 Å². The van der Waals surface area contributed by atoms with E-state index < -0.39 is 17.4 Å². The Morgan fingerprint density at radius 2 is 2.15 bits per heavy atom. The van der Waals surface area contributed by atoms with Crippen molar-refractivity contribution in [3.63, 3.8) is 0 Å². The van der Waals surface area contributed by atoms with Crippen LogP contribution in [0.15, 0.2) is 0 Å². The lowest BCUT2D eigenvalue weighted by atomic mass is 9.96. The summed E-state index contributed by atoms with van der Waals surface area (Å²) < 4.78 is 4.90. The van der Waals surface area contributed by atoms with Crippen LogP contribution in [0.2, 0.25) is 0 Å². The van der Waals surface area contributed by atoms with Gasteiger partial charge in [0.05, 0.1) is 5.41 Å². The number of rotatable bonds is 3. The van der Waals surface area contributed by atoms with Gasteiger partial charge in [0, 0.05) is 6.04 Å². The highest BCUT2D eigenvalue weighted by molar-refractivity contribution is 5.74. The molecule has 4 heteroatoms. The third kappa shape index (κ3) is 5.10. The first-order valence-electron chi connectivity index (χ1n) is 4.04. The van der Waals surface area contributed by atoms with Crippen LogP contribution in [-0.4, -0.2) is 18.6 Å². The summed E-state index contributed by atoms with van der Waals surface area (Å²) in [5.41, 5.74) is 9.94. The number of nitrogens with two attached hydrogens (primary N) is 2. The Bertz CT molecular complexity index is 236. The maximum Gasteiger partial charge on any atom is 0.322 e. The van der Waals surface area contributed by atoms with Gasteiger partial charge < -0.3 is 16.2 Å². The molecule has 1 unspecified atom stereocenters. The first kappa shape index (κ1) is 11.8. The van der Waals surface area contributed by atoms with Gasteiger partial charge in [-0.1, -0.05) is 5.92 Å².